The molecule has 94 valence electrons. The Kier molecular flexibility index (Phi) is 3.63. The van der Waals surface area contributed by atoms with Crippen LogP contribution in [0.5, 0.6) is 0 Å². The number of nitrogens with one attached hydrogen (secondary N) is 1. The highest BCUT2D eigenvalue weighted by molar-refractivity contribution is 5.75. The predicted octanol–water partition coefficient (Wildman–Crippen LogP) is 0.798. The van der Waals surface area contributed by atoms with Crippen molar-refractivity contribution >= 4 is 5.91 Å². The van der Waals surface area contributed by atoms with Crippen LogP contribution in [0.25, 0.3) is 11.4 Å². The van der Waals surface area contributed by atoms with Crippen LogP contribution < -0.4 is 11.3 Å². The maximum Gasteiger partial charge on any atom is 0.234 e. The van der Waals surface area contributed by atoms with E-state index >= 15 is 0 Å². The summed E-state index contributed by atoms with van der Waals surface area (Å²) < 4.78 is 17.7. The molecule has 0 radical (unpaired) electrons. The van der Waals surface area contributed by atoms with Crippen molar-refractivity contribution in [3.05, 3.63) is 36.0 Å². The minimum atomic E-state index is -0.331. The highest BCUT2D eigenvalue weighted by Gasteiger charge is 2.10. The van der Waals surface area contributed by atoms with Crippen molar-refractivity contribution in [2.24, 2.45) is 5.84 Å². The second-order valence-corrected chi connectivity index (χ2v) is 3.59. The van der Waals surface area contributed by atoms with Gasteiger partial charge in [0.2, 0.25) is 17.6 Å². The molecule has 0 aliphatic carbocycles. The number of hydrogen-bond donors (Lipinski definition) is 2. The van der Waals surface area contributed by atoms with E-state index in [4.69, 9.17) is 10.4 Å². The third-order valence-electron chi connectivity index (χ3n) is 2.30. The van der Waals surface area contributed by atoms with E-state index in [1.165, 1.54) is 12.1 Å². The number of nitrogens with two attached hydrogens (primary N) is 1. The van der Waals surface area contributed by atoms with Gasteiger partial charge in [-0.05, 0) is 24.3 Å². The van der Waals surface area contributed by atoms with E-state index in [1.807, 2.05) is 5.43 Å². The summed E-state index contributed by atoms with van der Waals surface area (Å²) in [6, 6.07) is 5.73. The molecule has 6 nitrogen and oxygen atoms in total. The van der Waals surface area contributed by atoms with Crippen LogP contribution in [0.3, 0.4) is 0 Å². The van der Waals surface area contributed by atoms with Crippen LogP contribution in [0, 0.1) is 5.82 Å². The number of hydrazine groups is 1. The second-order valence-electron chi connectivity index (χ2n) is 3.59. The molecule has 0 spiro atoms. The van der Waals surface area contributed by atoms with Crippen molar-refractivity contribution in [2.45, 2.75) is 12.8 Å². The molecular weight excluding hydrogens is 239 g/mol. The molecule has 0 bridgehead atoms. The van der Waals surface area contributed by atoms with Gasteiger partial charge in [0, 0.05) is 18.4 Å². The standard InChI is InChI=1S/C11H11FN4O2/c12-8-3-1-7(2-4-8)11-14-10(18-16-11)6-5-9(17)15-13/h1-4H,5-6,13H2,(H,15,17). The number of benzene rings is 1. The van der Waals surface area contributed by atoms with Gasteiger partial charge in [-0.3, -0.25) is 10.2 Å². The molecule has 3 N–H and O–H groups in total. The zero-order valence-corrected chi connectivity index (χ0v) is 9.39. The summed E-state index contributed by atoms with van der Waals surface area (Å²) in [4.78, 5) is 15.0. The first-order valence-corrected chi connectivity index (χ1v) is 5.27. The molecule has 2 aromatic rings. The zero-order valence-electron chi connectivity index (χ0n) is 9.39. The van der Waals surface area contributed by atoms with Gasteiger partial charge >= 0.3 is 0 Å². The molecule has 1 heterocycles. The molecule has 18 heavy (non-hydrogen) atoms. The summed E-state index contributed by atoms with van der Waals surface area (Å²) in [6.45, 7) is 0. The SMILES string of the molecule is NNC(=O)CCc1nc(-c2ccc(F)cc2)no1. The number of aryl methyl sites for hydroxylation is 1. The highest BCUT2D eigenvalue weighted by Crippen LogP contribution is 2.16. The van der Waals surface area contributed by atoms with Crippen LogP contribution in [0.2, 0.25) is 0 Å². The molecule has 1 amide bonds. The number of rotatable bonds is 4. The van der Waals surface area contributed by atoms with E-state index in [9.17, 15) is 9.18 Å². The Bertz CT molecular complexity index is 538. The number of hydrogen-bond acceptors (Lipinski definition) is 5. The van der Waals surface area contributed by atoms with E-state index in [0.717, 1.165) is 0 Å². The number of nitrogens with zero attached hydrogens (tertiary/aromatic N) is 2. The molecule has 0 aliphatic heterocycles. The third kappa shape index (κ3) is 2.89. The van der Waals surface area contributed by atoms with Crippen molar-refractivity contribution in [2.75, 3.05) is 0 Å². The van der Waals surface area contributed by atoms with Crippen LogP contribution >= 0.6 is 0 Å². The Morgan fingerprint density at radius 3 is 2.78 bits per heavy atom. The lowest BCUT2D eigenvalue weighted by molar-refractivity contribution is -0.121. The summed E-state index contributed by atoms with van der Waals surface area (Å²) in [5.41, 5.74) is 2.66. The minimum Gasteiger partial charge on any atom is -0.339 e. The smallest absolute Gasteiger partial charge is 0.234 e. The van der Waals surface area contributed by atoms with Gasteiger partial charge in [0.25, 0.3) is 0 Å². The van der Waals surface area contributed by atoms with Gasteiger partial charge < -0.3 is 4.52 Å². The molecule has 0 fully saturated rings. The van der Waals surface area contributed by atoms with Crippen molar-refractivity contribution in [3.63, 3.8) is 0 Å². The quantitative estimate of drug-likeness (QED) is 0.475. The van der Waals surface area contributed by atoms with Gasteiger partial charge in [0.1, 0.15) is 5.82 Å². The summed E-state index contributed by atoms with van der Waals surface area (Å²) in [7, 11) is 0. The highest BCUT2D eigenvalue weighted by atomic mass is 19.1. The Morgan fingerprint density at radius 1 is 1.39 bits per heavy atom. The first kappa shape index (κ1) is 12.2. The van der Waals surface area contributed by atoms with Crippen LogP contribution in [-0.4, -0.2) is 16.0 Å². The van der Waals surface area contributed by atoms with E-state index in [1.54, 1.807) is 12.1 Å². The lowest BCUT2D eigenvalue weighted by Gasteiger charge is -1.94. The first-order valence-electron chi connectivity index (χ1n) is 5.27. The number of aromatic nitrogens is 2. The number of carbonyl (C=O) groups is 1. The van der Waals surface area contributed by atoms with Crippen LogP contribution in [0.1, 0.15) is 12.3 Å². The Morgan fingerprint density at radius 2 is 2.11 bits per heavy atom. The van der Waals surface area contributed by atoms with Gasteiger partial charge in [-0.15, -0.1) is 0 Å². The van der Waals surface area contributed by atoms with Crippen molar-refractivity contribution in [3.8, 4) is 11.4 Å². The number of amides is 1. The fraction of sp³-hybridized carbons (Fsp3) is 0.182. The first-order chi connectivity index (χ1) is 8.69. The molecule has 1 aromatic heterocycles. The molecule has 1 aromatic carbocycles. The molecule has 0 saturated carbocycles. The van der Waals surface area contributed by atoms with Gasteiger partial charge in [-0.2, -0.15) is 4.98 Å². The average molecular weight is 250 g/mol. The summed E-state index contributed by atoms with van der Waals surface area (Å²) in [5, 5.41) is 3.75. The van der Waals surface area contributed by atoms with Crippen LogP contribution in [-0.2, 0) is 11.2 Å². The fourth-order valence-corrected chi connectivity index (χ4v) is 1.37. The molecular formula is C11H11FN4O2. The molecule has 7 heteroatoms. The normalized spacial score (nSPS) is 10.3. The number of halogens is 1. The van der Waals surface area contributed by atoms with Crippen molar-refractivity contribution < 1.29 is 13.7 Å². The molecule has 0 saturated heterocycles. The fourth-order valence-electron chi connectivity index (χ4n) is 1.37. The van der Waals surface area contributed by atoms with Crippen LogP contribution in [0.15, 0.2) is 28.8 Å². The second kappa shape index (κ2) is 5.37. The van der Waals surface area contributed by atoms with E-state index in [0.29, 0.717) is 23.7 Å². The average Bonchev–Trinajstić information content (AvgIpc) is 2.85. The Hall–Kier alpha value is -2.28. The summed E-state index contributed by atoms with van der Waals surface area (Å²) in [6.07, 6.45) is 0.471. The van der Waals surface area contributed by atoms with Crippen molar-refractivity contribution in [1.29, 1.82) is 0 Å². The van der Waals surface area contributed by atoms with Gasteiger partial charge in [-0.25, -0.2) is 10.2 Å². The minimum absolute atomic E-state index is 0.168. The third-order valence-corrected chi connectivity index (χ3v) is 2.30. The molecule has 0 aliphatic rings. The van der Waals surface area contributed by atoms with Crippen LogP contribution in [0.4, 0.5) is 4.39 Å². The summed E-state index contributed by atoms with van der Waals surface area (Å²) in [5.74, 6) is 5.00. The Labute approximate surface area is 102 Å². The summed E-state index contributed by atoms with van der Waals surface area (Å²) >= 11 is 0. The topological polar surface area (TPSA) is 94.0 Å². The van der Waals surface area contributed by atoms with E-state index < -0.39 is 0 Å². The van der Waals surface area contributed by atoms with Crippen molar-refractivity contribution in [1.82, 2.24) is 15.6 Å². The molecule has 0 unspecified atom stereocenters. The molecule has 0 atom stereocenters. The maximum atomic E-state index is 12.7. The monoisotopic (exact) mass is 250 g/mol. The lowest BCUT2D eigenvalue weighted by Crippen LogP contribution is -2.30. The lowest BCUT2D eigenvalue weighted by atomic mass is 10.2. The molecule has 2 rings (SSSR count). The van der Waals surface area contributed by atoms with E-state index in [-0.39, 0.29) is 18.1 Å². The zero-order chi connectivity index (χ0) is 13.0. The van der Waals surface area contributed by atoms with Gasteiger partial charge in [-0.1, -0.05) is 5.16 Å². The van der Waals surface area contributed by atoms with Gasteiger partial charge in [0.15, 0.2) is 0 Å². The maximum absolute atomic E-state index is 12.7. The Balaban J connectivity index is 2.06. The van der Waals surface area contributed by atoms with Gasteiger partial charge in [0.05, 0.1) is 0 Å². The van der Waals surface area contributed by atoms with E-state index in [2.05, 4.69) is 10.1 Å². The number of carbonyl (C=O) groups excluding carboxylic acids is 1. The predicted molar refractivity (Wildman–Crippen MR) is 60.3 cm³/mol. The largest absolute Gasteiger partial charge is 0.339 e.